The third-order valence-corrected chi connectivity index (χ3v) is 6.17. The summed E-state index contributed by atoms with van der Waals surface area (Å²) < 4.78 is 20.2. The Bertz CT molecular complexity index is 1250. The van der Waals surface area contributed by atoms with Gasteiger partial charge in [0.1, 0.15) is 17.4 Å². The van der Waals surface area contributed by atoms with E-state index in [0.29, 0.717) is 46.6 Å². The molecule has 2 aliphatic heterocycles. The van der Waals surface area contributed by atoms with E-state index in [9.17, 15) is 14.3 Å². The maximum atomic E-state index is 14.8. The van der Waals surface area contributed by atoms with E-state index in [2.05, 4.69) is 25.6 Å². The molecule has 2 aromatic heterocycles. The Labute approximate surface area is 196 Å². The fraction of sp³-hybridized carbons (Fsp3) is 0.333. The fourth-order valence-corrected chi connectivity index (χ4v) is 4.54. The van der Waals surface area contributed by atoms with Crippen LogP contribution in [0.15, 0.2) is 36.5 Å². The van der Waals surface area contributed by atoms with Crippen molar-refractivity contribution < 1.29 is 19.0 Å². The van der Waals surface area contributed by atoms with Gasteiger partial charge in [-0.2, -0.15) is 4.98 Å². The van der Waals surface area contributed by atoms with Crippen molar-refractivity contribution in [3.8, 4) is 17.0 Å². The van der Waals surface area contributed by atoms with E-state index in [0.717, 1.165) is 6.42 Å². The van der Waals surface area contributed by atoms with E-state index in [1.54, 1.807) is 29.2 Å². The van der Waals surface area contributed by atoms with Crippen molar-refractivity contribution in [3.05, 3.63) is 59.2 Å². The second kappa shape index (κ2) is 8.96. The molecule has 3 aromatic rings. The first-order valence-corrected chi connectivity index (χ1v) is 11.1. The Hall–Kier alpha value is -3.63. The normalized spacial score (nSPS) is 19.4. The number of nitrogens with zero attached hydrogens (tertiary/aromatic N) is 4. The van der Waals surface area contributed by atoms with Gasteiger partial charge in [0.15, 0.2) is 0 Å². The van der Waals surface area contributed by atoms with Crippen molar-refractivity contribution >= 4 is 17.7 Å². The van der Waals surface area contributed by atoms with Crippen LogP contribution < -0.4 is 20.3 Å². The molecule has 0 bridgehead atoms. The number of methoxy groups -OCH3 is 1. The highest BCUT2D eigenvalue weighted by molar-refractivity contribution is 6.10. The first kappa shape index (κ1) is 22.2. The molecule has 1 fully saturated rings. The van der Waals surface area contributed by atoms with Gasteiger partial charge in [-0.3, -0.25) is 14.7 Å². The van der Waals surface area contributed by atoms with E-state index < -0.39 is 5.82 Å². The van der Waals surface area contributed by atoms with Gasteiger partial charge in [0, 0.05) is 47.7 Å². The first-order valence-electron chi connectivity index (χ1n) is 11.1. The number of fused-ring (bicyclic) bond motifs is 1. The summed E-state index contributed by atoms with van der Waals surface area (Å²) in [5.41, 5.74) is 2.37. The van der Waals surface area contributed by atoms with Crippen LogP contribution in [0.25, 0.3) is 11.3 Å². The molecule has 10 heteroatoms. The Morgan fingerprint density at radius 3 is 2.94 bits per heavy atom. The Kier molecular flexibility index (Phi) is 5.84. The highest BCUT2D eigenvalue weighted by Gasteiger charge is 2.34. The summed E-state index contributed by atoms with van der Waals surface area (Å²) in [5, 5.41) is 15.9. The number of rotatable bonds is 6. The SMILES string of the molecule is COc1cccc(F)c1-c1nccc2c1CN(c1cc(C)nc(N[C@H]3CN[C@H](CO)C3)n1)C2=O. The van der Waals surface area contributed by atoms with E-state index in [1.807, 2.05) is 6.92 Å². The molecule has 5 rings (SSSR count). The third kappa shape index (κ3) is 3.95. The van der Waals surface area contributed by atoms with E-state index in [1.165, 1.54) is 19.4 Å². The minimum Gasteiger partial charge on any atom is -0.496 e. The van der Waals surface area contributed by atoms with Gasteiger partial charge in [-0.05, 0) is 31.5 Å². The number of nitrogens with one attached hydrogen (secondary N) is 2. The van der Waals surface area contributed by atoms with Gasteiger partial charge in [0.25, 0.3) is 5.91 Å². The van der Waals surface area contributed by atoms with E-state index in [-0.39, 0.29) is 36.7 Å². The van der Waals surface area contributed by atoms with Gasteiger partial charge < -0.3 is 20.5 Å². The molecule has 0 spiro atoms. The number of aryl methyl sites for hydroxylation is 1. The lowest BCUT2D eigenvalue weighted by atomic mass is 10.0. The summed E-state index contributed by atoms with van der Waals surface area (Å²) in [6, 6.07) is 8.08. The monoisotopic (exact) mass is 464 g/mol. The maximum absolute atomic E-state index is 14.8. The van der Waals surface area contributed by atoms with Crippen molar-refractivity contribution in [2.45, 2.75) is 32.0 Å². The molecule has 34 heavy (non-hydrogen) atoms. The number of hydrogen-bond donors (Lipinski definition) is 3. The van der Waals surface area contributed by atoms with Crippen LogP contribution in [0.1, 0.15) is 28.0 Å². The average molecular weight is 465 g/mol. The largest absolute Gasteiger partial charge is 0.496 e. The number of carbonyl (C=O) groups excluding carboxylic acids is 1. The molecule has 1 amide bonds. The standard InChI is InChI=1S/C24H25FN6O3/c1-13-8-20(30-24(28-13)29-14-9-15(12-32)27-10-14)31-11-17-16(23(31)33)6-7-26-22(17)21-18(25)4-3-5-19(21)34-2/h3-8,14-15,27,32H,9-12H2,1-2H3,(H,28,29,30)/t14-,15+/m1/s1. The van der Waals surface area contributed by atoms with Gasteiger partial charge in [0.2, 0.25) is 5.95 Å². The molecule has 2 atom stereocenters. The van der Waals surface area contributed by atoms with E-state index in [4.69, 9.17) is 4.74 Å². The van der Waals surface area contributed by atoms with Crippen LogP contribution in [0.3, 0.4) is 0 Å². The second-order valence-electron chi connectivity index (χ2n) is 8.45. The molecule has 9 nitrogen and oxygen atoms in total. The number of aliphatic hydroxyl groups excluding tert-OH is 1. The molecule has 0 saturated carbocycles. The number of hydrogen-bond acceptors (Lipinski definition) is 8. The van der Waals surface area contributed by atoms with Gasteiger partial charge in [-0.25, -0.2) is 9.37 Å². The van der Waals surface area contributed by atoms with Crippen LogP contribution in [-0.2, 0) is 6.54 Å². The van der Waals surface area contributed by atoms with Crippen molar-refractivity contribution in [2.24, 2.45) is 0 Å². The van der Waals surface area contributed by atoms with Crippen LogP contribution in [0, 0.1) is 12.7 Å². The molecule has 176 valence electrons. The van der Waals surface area contributed by atoms with Crippen LogP contribution in [0.2, 0.25) is 0 Å². The lowest BCUT2D eigenvalue weighted by Crippen LogP contribution is -2.27. The highest BCUT2D eigenvalue weighted by atomic mass is 19.1. The van der Waals surface area contributed by atoms with Gasteiger partial charge in [0.05, 0.1) is 31.5 Å². The minimum atomic E-state index is -0.470. The smallest absolute Gasteiger partial charge is 0.260 e. The second-order valence-corrected chi connectivity index (χ2v) is 8.45. The van der Waals surface area contributed by atoms with Gasteiger partial charge in [-0.15, -0.1) is 0 Å². The summed E-state index contributed by atoms with van der Waals surface area (Å²) in [6.07, 6.45) is 2.25. The molecular formula is C24H25FN6O3. The number of aliphatic hydroxyl groups is 1. The van der Waals surface area contributed by atoms with Gasteiger partial charge in [-0.1, -0.05) is 6.07 Å². The summed E-state index contributed by atoms with van der Waals surface area (Å²) in [7, 11) is 1.47. The molecule has 0 unspecified atom stereocenters. The predicted molar refractivity (Wildman–Crippen MR) is 124 cm³/mol. The number of aromatic nitrogens is 3. The first-order chi connectivity index (χ1) is 16.5. The lowest BCUT2D eigenvalue weighted by molar-refractivity contribution is 0.0996. The highest BCUT2D eigenvalue weighted by Crippen LogP contribution is 2.38. The zero-order chi connectivity index (χ0) is 23.8. The number of ether oxygens (including phenoxy) is 1. The van der Waals surface area contributed by atoms with Crippen LogP contribution in [-0.4, -0.2) is 58.3 Å². The Balaban J connectivity index is 1.47. The molecule has 2 aliphatic rings. The zero-order valence-electron chi connectivity index (χ0n) is 18.9. The average Bonchev–Trinajstić information content (AvgIpc) is 3.42. The Morgan fingerprint density at radius 2 is 2.18 bits per heavy atom. The molecule has 0 radical (unpaired) electrons. The Morgan fingerprint density at radius 1 is 1.32 bits per heavy atom. The summed E-state index contributed by atoms with van der Waals surface area (Å²) >= 11 is 0. The van der Waals surface area contributed by atoms with E-state index >= 15 is 0 Å². The number of benzene rings is 1. The number of carbonyl (C=O) groups is 1. The van der Waals surface area contributed by atoms with Crippen molar-refractivity contribution in [1.29, 1.82) is 0 Å². The molecule has 0 aliphatic carbocycles. The van der Waals surface area contributed by atoms with Crippen LogP contribution in [0.4, 0.5) is 16.2 Å². The number of halogens is 1. The number of pyridine rings is 1. The molecule has 1 aromatic carbocycles. The van der Waals surface area contributed by atoms with Crippen LogP contribution >= 0.6 is 0 Å². The topological polar surface area (TPSA) is 112 Å². The molecular weight excluding hydrogens is 439 g/mol. The maximum Gasteiger partial charge on any atom is 0.260 e. The summed E-state index contributed by atoms with van der Waals surface area (Å²) in [6.45, 7) is 2.79. The number of amides is 1. The quantitative estimate of drug-likeness (QED) is 0.510. The number of anilines is 2. The third-order valence-electron chi connectivity index (χ3n) is 6.17. The van der Waals surface area contributed by atoms with Crippen molar-refractivity contribution in [3.63, 3.8) is 0 Å². The van der Waals surface area contributed by atoms with Crippen molar-refractivity contribution in [1.82, 2.24) is 20.3 Å². The minimum absolute atomic E-state index is 0.0396. The summed E-state index contributed by atoms with van der Waals surface area (Å²) in [5.74, 6) is 0.510. The zero-order valence-corrected chi connectivity index (χ0v) is 18.9. The fourth-order valence-electron chi connectivity index (χ4n) is 4.54. The van der Waals surface area contributed by atoms with Crippen molar-refractivity contribution in [2.75, 3.05) is 30.5 Å². The summed E-state index contributed by atoms with van der Waals surface area (Å²) in [4.78, 5) is 28.3. The predicted octanol–water partition coefficient (Wildman–Crippen LogP) is 2.29. The molecule has 3 N–H and O–H groups in total. The van der Waals surface area contributed by atoms with Crippen LogP contribution in [0.5, 0.6) is 5.75 Å². The van der Waals surface area contributed by atoms with Gasteiger partial charge >= 0.3 is 0 Å². The lowest BCUT2D eigenvalue weighted by Gasteiger charge is -2.18. The molecule has 1 saturated heterocycles. The molecule has 4 heterocycles.